The van der Waals surface area contributed by atoms with Crippen molar-refractivity contribution in [2.45, 2.75) is 37.7 Å². The largest absolute Gasteiger partial charge is 0.368 e. The minimum absolute atomic E-state index is 0.225. The fourth-order valence-corrected chi connectivity index (χ4v) is 2.56. The van der Waals surface area contributed by atoms with E-state index < -0.39 is 13.0 Å². The van der Waals surface area contributed by atoms with Crippen molar-refractivity contribution in [2.24, 2.45) is 0 Å². The molecule has 1 fully saturated rings. The molecule has 1 nitrogen and oxygen atoms in total. The van der Waals surface area contributed by atoms with E-state index in [1.54, 1.807) is 0 Å². The van der Waals surface area contributed by atoms with E-state index in [9.17, 15) is 8.78 Å². The third kappa shape index (κ3) is 2.80. The molecule has 0 atom stereocenters. The Morgan fingerprint density at radius 3 is 2.33 bits per heavy atom. The molecule has 0 amide bonds. The minimum Gasteiger partial charge on any atom is -0.368 e. The van der Waals surface area contributed by atoms with E-state index in [0.717, 1.165) is 30.1 Å². The van der Waals surface area contributed by atoms with Crippen molar-refractivity contribution in [3.63, 3.8) is 0 Å². The second-order valence-corrected chi connectivity index (χ2v) is 3.99. The third-order valence-electron chi connectivity index (χ3n) is 2.27. The highest BCUT2D eigenvalue weighted by molar-refractivity contribution is 14.1. The average molecular weight is 290 g/mol. The van der Waals surface area contributed by atoms with E-state index in [-0.39, 0.29) is 5.60 Å². The molecule has 0 saturated heterocycles. The summed E-state index contributed by atoms with van der Waals surface area (Å²) >= 11 is 2.22. The highest BCUT2D eigenvalue weighted by Crippen LogP contribution is 2.35. The minimum atomic E-state index is -2.33. The molecule has 0 aromatic rings. The van der Waals surface area contributed by atoms with Gasteiger partial charge in [0.25, 0.3) is 6.43 Å². The Balaban J connectivity index is 2.34. The van der Waals surface area contributed by atoms with Crippen molar-refractivity contribution >= 4 is 22.6 Å². The summed E-state index contributed by atoms with van der Waals surface area (Å²) in [4.78, 5) is 0. The standard InChI is InChI=1S/C8H13F2IO/c9-7(10)5-12-8(6-11)3-1-2-4-8/h7H,1-6H2. The van der Waals surface area contributed by atoms with Crippen molar-refractivity contribution in [1.29, 1.82) is 0 Å². The van der Waals surface area contributed by atoms with Crippen LogP contribution in [0.4, 0.5) is 8.78 Å². The van der Waals surface area contributed by atoms with Gasteiger partial charge in [-0.3, -0.25) is 0 Å². The van der Waals surface area contributed by atoms with Gasteiger partial charge in [0.2, 0.25) is 0 Å². The molecular formula is C8H13F2IO. The van der Waals surface area contributed by atoms with Crippen LogP contribution in [0.15, 0.2) is 0 Å². The monoisotopic (exact) mass is 290 g/mol. The fraction of sp³-hybridized carbons (Fsp3) is 1.00. The molecule has 1 aliphatic carbocycles. The lowest BCUT2D eigenvalue weighted by Gasteiger charge is -2.26. The molecule has 0 radical (unpaired) electrons. The number of halogens is 3. The molecule has 1 rings (SSSR count). The molecule has 0 N–H and O–H groups in total. The van der Waals surface area contributed by atoms with Crippen LogP contribution >= 0.6 is 22.6 Å². The number of hydrogen-bond donors (Lipinski definition) is 0. The first-order valence-electron chi connectivity index (χ1n) is 4.17. The van der Waals surface area contributed by atoms with Crippen LogP contribution in [0.25, 0.3) is 0 Å². The lowest BCUT2D eigenvalue weighted by Crippen LogP contribution is -2.32. The fourth-order valence-electron chi connectivity index (χ4n) is 1.58. The Labute approximate surface area is 85.0 Å². The van der Waals surface area contributed by atoms with Crippen LogP contribution in [0.1, 0.15) is 25.7 Å². The first-order chi connectivity index (χ1) is 5.68. The van der Waals surface area contributed by atoms with E-state index in [0.29, 0.717) is 0 Å². The summed E-state index contributed by atoms with van der Waals surface area (Å²) in [6, 6.07) is 0. The van der Waals surface area contributed by atoms with Crippen molar-refractivity contribution in [2.75, 3.05) is 11.0 Å². The number of hydrogen-bond acceptors (Lipinski definition) is 1. The summed E-state index contributed by atoms with van der Waals surface area (Å²) in [5.74, 6) is 0. The average Bonchev–Trinajstić information content (AvgIpc) is 2.50. The molecule has 1 saturated carbocycles. The zero-order valence-corrected chi connectivity index (χ0v) is 9.02. The molecule has 1 aliphatic rings. The Bertz CT molecular complexity index is 135. The quantitative estimate of drug-likeness (QED) is 0.571. The number of alkyl halides is 3. The molecule has 0 aliphatic heterocycles. The van der Waals surface area contributed by atoms with Crippen molar-refractivity contribution in [3.8, 4) is 0 Å². The summed E-state index contributed by atoms with van der Waals surface area (Å²) in [5, 5.41) is 0. The van der Waals surface area contributed by atoms with Crippen LogP contribution in [0, 0.1) is 0 Å². The van der Waals surface area contributed by atoms with Gasteiger partial charge in [0, 0.05) is 4.43 Å². The molecule has 0 aromatic heterocycles. The van der Waals surface area contributed by atoms with E-state index >= 15 is 0 Å². The Morgan fingerprint density at radius 1 is 1.33 bits per heavy atom. The van der Waals surface area contributed by atoms with Gasteiger partial charge in [-0.2, -0.15) is 0 Å². The first kappa shape index (κ1) is 10.6. The topological polar surface area (TPSA) is 9.23 Å². The lowest BCUT2D eigenvalue weighted by molar-refractivity contribution is -0.0714. The maximum absolute atomic E-state index is 11.9. The third-order valence-corrected chi connectivity index (χ3v) is 3.66. The van der Waals surface area contributed by atoms with Gasteiger partial charge in [-0.15, -0.1) is 0 Å². The molecule has 72 valence electrons. The highest BCUT2D eigenvalue weighted by Gasteiger charge is 2.34. The van der Waals surface area contributed by atoms with Crippen LogP contribution in [-0.2, 0) is 4.74 Å². The first-order valence-corrected chi connectivity index (χ1v) is 5.69. The highest BCUT2D eigenvalue weighted by atomic mass is 127. The summed E-state index contributed by atoms with van der Waals surface area (Å²) in [6.45, 7) is -0.400. The molecule has 0 spiro atoms. The molecule has 12 heavy (non-hydrogen) atoms. The molecule has 0 unspecified atom stereocenters. The summed E-state index contributed by atoms with van der Waals surface area (Å²) in [5.41, 5.74) is -0.225. The Morgan fingerprint density at radius 2 is 1.92 bits per heavy atom. The maximum Gasteiger partial charge on any atom is 0.261 e. The number of ether oxygens (including phenoxy) is 1. The second-order valence-electron chi connectivity index (χ2n) is 3.23. The van der Waals surface area contributed by atoms with Gasteiger partial charge in [-0.1, -0.05) is 35.4 Å². The van der Waals surface area contributed by atoms with Crippen LogP contribution in [0.5, 0.6) is 0 Å². The summed E-state index contributed by atoms with van der Waals surface area (Å²) < 4.78 is 29.8. The Hall–Kier alpha value is 0.550. The lowest BCUT2D eigenvalue weighted by atomic mass is 10.1. The van der Waals surface area contributed by atoms with Crippen LogP contribution < -0.4 is 0 Å². The zero-order chi connectivity index (χ0) is 9.03. The predicted octanol–water partition coefficient (Wildman–Crippen LogP) is 3.02. The van der Waals surface area contributed by atoms with Crippen LogP contribution in [0.2, 0.25) is 0 Å². The van der Waals surface area contributed by atoms with Gasteiger partial charge >= 0.3 is 0 Å². The van der Waals surface area contributed by atoms with Crippen LogP contribution in [0.3, 0.4) is 0 Å². The van der Waals surface area contributed by atoms with Gasteiger partial charge < -0.3 is 4.74 Å². The summed E-state index contributed by atoms with van der Waals surface area (Å²) in [7, 11) is 0. The smallest absolute Gasteiger partial charge is 0.261 e. The molecular weight excluding hydrogens is 277 g/mol. The summed E-state index contributed by atoms with van der Waals surface area (Å²) in [6.07, 6.45) is 1.80. The molecule has 0 aromatic carbocycles. The SMILES string of the molecule is FC(F)COC1(CI)CCCC1. The van der Waals surface area contributed by atoms with Crippen LogP contribution in [-0.4, -0.2) is 23.1 Å². The van der Waals surface area contributed by atoms with Crippen molar-refractivity contribution < 1.29 is 13.5 Å². The second kappa shape index (κ2) is 4.69. The van der Waals surface area contributed by atoms with Gasteiger partial charge in [-0.05, 0) is 12.8 Å². The van der Waals surface area contributed by atoms with Crippen molar-refractivity contribution in [3.05, 3.63) is 0 Å². The van der Waals surface area contributed by atoms with E-state index in [1.165, 1.54) is 0 Å². The van der Waals surface area contributed by atoms with Gasteiger partial charge in [-0.25, -0.2) is 8.78 Å². The van der Waals surface area contributed by atoms with Gasteiger partial charge in [0.15, 0.2) is 0 Å². The zero-order valence-electron chi connectivity index (χ0n) is 6.86. The van der Waals surface area contributed by atoms with Gasteiger partial charge in [0.1, 0.15) is 6.61 Å². The predicted molar refractivity (Wildman–Crippen MR) is 52.0 cm³/mol. The van der Waals surface area contributed by atoms with E-state index in [1.807, 2.05) is 0 Å². The van der Waals surface area contributed by atoms with E-state index in [2.05, 4.69) is 22.6 Å². The van der Waals surface area contributed by atoms with Crippen molar-refractivity contribution in [1.82, 2.24) is 0 Å². The Kier molecular flexibility index (Phi) is 4.16. The van der Waals surface area contributed by atoms with Gasteiger partial charge in [0.05, 0.1) is 5.60 Å². The normalized spacial score (nSPS) is 22.0. The maximum atomic E-state index is 11.9. The molecule has 4 heteroatoms. The van der Waals surface area contributed by atoms with E-state index in [4.69, 9.17) is 4.74 Å². The molecule has 0 bridgehead atoms. The molecule has 0 heterocycles. The number of rotatable bonds is 4.